The van der Waals surface area contributed by atoms with E-state index in [9.17, 15) is 9.59 Å². The molecule has 0 bridgehead atoms. The van der Waals surface area contributed by atoms with Crippen molar-refractivity contribution >= 4 is 11.9 Å². The van der Waals surface area contributed by atoms with Crippen LogP contribution in [0.15, 0.2) is 0 Å². The van der Waals surface area contributed by atoms with E-state index in [1.54, 1.807) is 0 Å². The van der Waals surface area contributed by atoms with Gasteiger partial charge in [0.15, 0.2) is 0 Å². The molecule has 0 aliphatic rings. The first kappa shape index (κ1) is 13.9. The molecule has 0 aliphatic carbocycles. The van der Waals surface area contributed by atoms with Crippen molar-refractivity contribution in [1.29, 1.82) is 0 Å². The average Bonchev–Trinajstić information content (AvgIpc) is 2.21. The molecule has 5 nitrogen and oxygen atoms in total. The Hall–Kier alpha value is -1.10. The van der Waals surface area contributed by atoms with E-state index < -0.39 is 11.9 Å². The summed E-state index contributed by atoms with van der Waals surface area (Å²) in [6.07, 6.45) is 1.88. The molecule has 0 atom stereocenters. The Morgan fingerprint density at radius 2 is 1.93 bits per heavy atom. The summed E-state index contributed by atoms with van der Waals surface area (Å²) in [6.45, 7) is 5.08. The van der Waals surface area contributed by atoms with Crippen LogP contribution in [-0.2, 0) is 19.1 Å². The zero-order valence-corrected chi connectivity index (χ0v) is 9.54. The fourth-order valence-electron chi connectivity index (χ4n) is 0.913. The van der Waals surface area contributed by atoms with Gasteiger partial charge in [-0.2, -0.15) is 0 Å². The van der Waals surface area contributed by atoms with E-state index in [1.807, 2.05) is 13.8 Å². The summed E-state index contributed by atoms with van der Waals surface area (Å²) in [5.74, 6) is -1.55. The lowest BCUT2D eigenvalue weighted by atomic mass is 10.3. The number of methoxy groups -OCH3 is 1. The molecule has 0 heterocycles. The van der Waals surface area contributed by atoms with E-state index in [-0.39, 0.29) is 6.10 Å². The second-order valence-corrected chi connectivity index (χ2v) is 3.37. The Morgan fingerprint density at radius 1 is 1.27 bits per heavy atom. The number of carbonyl (C=O) groups excluding carboxylic acids is 2. The second-order valence-electron chi connectivity index (χ2n) is 3.37. The number of ether oxygens (including phenoxy) is 2. The highest BCUT2D eigenvalue weighted by atomic mass is 16.5. The van der Waals surface area contributed by atoms with Gasteiger partial charge in [0.2, 0.25) is 0 Å². The van der Waals surface area contributed by atoms with Crippen molar-refractivity contribution in [2.45, 2.75) is 32.8 Å². The summed E-state index contributed by atoms with van der Waals surface area (Å²) in [6, 6.07) is 0. The second kappa shape index (κ2) is 8.23. The van der Waals surface area contributed by atoms with Gasteiger partial charge in [0.05, 0.1) is 13.2 Å². The number of amides is 1. The predicted molar refractivity (Wildman–Crippen MR) is 55.3 cm³/mol. The molecule has 5 heteroatoms. The van der Waals surface area contributed by atoms with Crippen LogP contribution in [0.1, 0.15) is 26.7 Å². The molecule has 88 valence electrons. The van der Waals surface area contributed by atoms with Crippen LogP contribution in [0.25, 0.3) is 0 Å². The van der Waals surface area contributed by atoms with Gasteiger partial charge in [-0.1, -0.05) is 0 Å². The quantitative estimate of drug-likeness (QED) is 0.399. The molecular formula is C10H19NO4. The van der Waals surface area contributed by atoms with Gasteiger partial charge in [0.25, 0.3) is 0 Å². The first-order valence-corrected chi connectivity index (χ1v) is 5.05. The molecule has 15 heavy (non-hydrogen) atoms. The van der Waals surface area contributed by atoms with Crippen LogP contribution < -0.4 is 5.32 Å². The molecule has 0 fully saturated rings. The summed E-state index contributed by atoms with van der Waals surface area (Å²) in [5.41, 5.74) is 0. The van der Waals surface area contributed by atoms with Crippen molar-refractivity contribution in [3.05, 3.63) is 0 Å². The lowest BCUT2D eigenvalue weighted by Crippen LogP contribution is -2.32. The molecule has 0 aromatic heterocycles. The molecular weight excluding hydrogens is 198 g/mol. The zero-order chi connectivity index (χ0) is 11.7. The summed E-state index contributed by atoms with van der Waals surface area (Å²) >= 11 is 0. The van der Waals surface area contributed by atoms with E-state index in [0.29, 0.717) is 13.2 Å². The van der Waals surface area contributed by atoms with Crippen LogP contribution in [0.3, 0.4) is 0 Å². The standard InChI is InChI=1S/C10H19NO4/c1-8(2)15-7-5-4-6-11-9(12)10(13)14-3/h8H,4-7H2,1-3H3,(H,11,12). The van der Waals surface area contributed by atoms with Crippen LogP contribution in [0.4, 0.5) is 0 Å². The first-order valence-electron chi connectivity index (χ1n) is 5.05. The lowest BCUT2D eigenvalue weighted by Gasteiger charge is -2.07. The highest BCUT2D eigenvalue weighted by Crippen LogP contribution is 1.93. The fraction of sp³-hybridized carbons (Fsp3) is 0.800. The summed E-state index contributed by atoms with van der Waals surface area (Å²) < 4.78 is 9.56. The monoisotopic (exact) mass is 217 g/mol. The Bertz CT molecular complexity index is 204. The minimum absolute atomic E-state index is 0.231. The number of nitrogens with one attached hydrogen (secondary N) is 1. The van der Waals surface area contributed by atoms with E-state index in [2.05, 4.69) is 10.1 Å². The molecule has 1 amide bonds. The third-order valence-corrected chi connectivity index (χ3v) is 1.68. The minimum Gasteiger partial charge on any atom is -0.462 e. The first-order chi connectivity index (χ1) is 7.07. The third-order valence-electron chi connectivity index (χ3n) is 1.68. The van der Waals surface area contributed by atoms with Gasteiger partial charge in [0.1, 0.15) is 0 Å². The molecule has 0 aromatic rings. The molecule has 0 aliphatic heterocycles. The van der Waals surface area contributed by atoms with Crippen molar-refractivity contribution in [3.63, 3.8) is 0 Å². The maximum Gasteiger partial charge on any atom is 0.396 e. The SMILES string of the molecule is COC(=O)C(=O)NCCCCOC(C)C. The van der Waals surface area contributed by atoms with E-state index in [0.717, 1.165) is 12.8 Å². The van der Waals surface area contributed by atoms with Crippen molar-refractivity contribution in [3.8, 4) is 0 Å². The van der Waals surface area contributed by atoms with Gasteiger partial charge in [-0.05, 0) is 26.7 Å². The average molecular weight is 217 g/mol. The van der Waals surface area contributed by atoms with Crippen LogP contribution in [-0.4, -0.2) is 38.2 Å². The Balaban J connectivity index is 3.31. The van der Waals surface area contributed by atoms with Gasteiger partial charge in [-0.15, -0.1) is 0 Å². The van der Waals surface area contributed by atoms with Gasteiger partial charge < -0.3 is 14.8 Å². The van der Waals surface area contributed by atoms with Crippen molar-refractivity contribution in [1.82, 2.24) is 5.32 Å². The highest BCUT2D eigenvalue weighted by Gasteiger charge is 2.11. The molecule has 0 aromatic carbocycles. The number of carbonyl (C=O) groups is 2. The van der Waals surface area contributed by atoms with Gasteiger partial charge in [-0.25, -0.2) is 4.79 Å². The van der Waals surface area contributed by atoms with Gasteiger partial charge in [-0.3, -0.25) is 4.79 Å². The Kier molecular flexibility index (Phi) is 7.62. The van der Waals surface area contributed by atoms with Gasteiger partial charge in [0, 0.05) is 13.2 Å². The Labute approximate surface area is 90.1 Å². The van der Waals surface area contributed by atoms with Crippen molar-refractivity contribution in [2.24, 2.45) is 0 Å². The number of unbranched alkanes of at least 4 members (excludes halogenated alkanes) is 1. The molecule has 0 unspecified atom stereocenters. The maximum atomic E-state index is 10.9. The van der Waals surface area contributed by atoms with E-state index in [4.69, 9.17) is 4.74 Å². The van der Waals surface area contributed by atoms with Crippen LogP contribution in [0.2, 0.25) is 0 Å². The maximum absolute atomic E-state index is 10.9. The van der Waals surface area contributed by atoms with Gasteiger partial charge >= 0.3 is 11.9 Å². The number of esters is 1. The van der Waals surface area contributed by atoms with Crippen molar-refractivity contribution in [2.75, 3.05) is 20.3 Å². The smallest absolute Gasteiger partial charge is 0.396 e. The lowest BCUT2D eigenvalue weighted by molar-refractivity contribution is -0.152. The summed E-state index contributed by atoms with van der Waals surface area (Å²) in [7, 11) is 1.18. The van der Waals surface area contributed by atoms with E-state index >= 15 is 0 Å². The molecule has 0 saturated heterocycles. The fourth-order valence-corrected chi connectivity index (χ4v) is 0.913. The van der Waals surface area contributed by atoms with Crippen LogP contribution in [0, 0.1) is 0 Å². The number of hydrogen-bond acceptors (Lipinski definition) is 4. The third kappa shape index (κ3) is 7.93. The summed E-state index contributed by atoms with van der Waals surface area (Å²) in [4.78, 5) is 21.6. The molecule has 0 saturated carbocycles. The molecule has 1 N–H and O–H groups in total. The molecule has 0 radical (unpaired) electrons. The number of hydrogen-bond donors (Lipinski definition) is 1. The van der Waals surface area contributed by atoms with E-state index in [1.165, 1.54) is 7.11 Å². The summed E-state index contributed by atoms with van der Waals surface area (Å²) in [5, 5.41) is 2.45. The van der Waals surface area contributed by atoms with Crippen molar-refractivity contribution < 1.29 is 19.1 Å². The highest BCUT2D eigenvalue weighted by molar-refractivity contribution is 6.32. The number of rotatable bonds is 6. The van der Waals surface area contributed by atoms with Crippen LogP contribution >= 0.6 is 0 Å². The largest absolute Gasteiger partial charge is 0.462 e. The molecule has 0 rings (SSSR count). The Morgan fingerprint density at radius 3 is 2.47 bits per heavy atom. The normalized spacial score (nSPS) is 10.1. The minimum atomic E-state index is -0.853. The topological polar surface area (TPSA) is 64.6 Å². The van der Waals surface area contributed by atoms with Crippen LogP contribution in [0.5, 0.6) is 0 Å². The molecule has 0 spiro atoms. The predicted octanol–water partition coefficient (Wildman–Crippen LogP) is 0.481. The zero-order valence-electron chi connectivity index (χ0n) is 9.54.